The number of ketones is 1. The number of thioether (sulfide) groups is 1. The predicted octanol–water partition coefficient (Wildman–Crippen LogP) is 6.21. The number of amides is 1. The van der Waals surface area contributed by atoms with Crippen LogP contribution < -0.4 is 10.1 Å². The molecule has 224 valence electrons. The lowest BCUT2D eigenvalue weighted by atomic mass is 9.96. The summed E-state index contributed by atoms with van der Waals surface area (Å²) in [6.07, 6.45) is 11.6. The number of Topliss-reactive ketones (excluding diaryl/α,β-unsaturated/α-hetero) is 1. The highest BCUT2D eigenvalue weighted by Gasteiger charge is 2.35. The van der Waals surface area contributed by atoms with Crippen molar-refractivity contribution in [2.75, 3.05) is 13.2 Å². The van der Waals surface area contributed by atoms with Crippen molar-refractivity contribution in [3.8, 4) is 5.88 Å². The van der Waals surface area contributed by atoms with Crippen molar-refractivity contribution >= 4 is 39.8 Å². The molecule has 2 N–H and O–H groups in total. The van der Waals surface area contributed by atoms with Gasteiger partial charge in [-0.15, -0.1) is 0 Å². The Hall–Kier alpha value is -2.75. The minimum atomic E-state index is -1.01. The Morgan fingerprint density at radius 3 is 2.67 bits per heavy atom. The second-order valence-corrected chi connectivity index (χ2v) is 14.1. The molecule has 3 aliphatic carbocycles. The van der Waals surface area contributed by atoms with Crippen LogP contribution in [-0.2, 0) is 20.4 Å². The molecule has 3 saturated carbocycles. The van der Waals surface area contributed by atoms with Crippen molar-refractivity contribution in [3.63, 3.8) is 0 Å². The molecular weight excluding hydrogens is 569 g/mol. The van der Waals surface area contributed by atoms with Crippen LogP contribution in [0.2, 0.25) is 0 Å². The predicted molar refractivity (Wildman–Crippen MR) is 167 cm³/mol. The average Bonchev–Trinajstić information content (AvgIpc) is 3.92. The standard InChI is InChI=1S/C33H40N2O5S2/c1-3-4-5-31(41-33-21(2)6-15-30(34-33)40-17-16-36)35-32(38)28(19-22-7-11-25(37)18-22)24-10-14-29(42(39)26-12-13-26)27(20-24)23-8-9-23/h5-6,10,14-15,19-20,22-23,26,36H,3-4,7-9,11-13,16-18H2,1-2H3,(H,35,38)/b28-19+,31-5+/t22-,42?/m0/s1. The number of rotatable bonds is 14. The number of carbonyl (C=O) groups excluding carboxylic acids is 2. The summed E-state index contributed by atoms with van der Waals surface area (Å²) in [7, 11) is -1.01. The molecule has 1 unspecified atom stereocenters. The van der Waals surface area contributed by atoms with Crippen LogP contribution in [0.25, 0.3) is 5.57 Å². The second kappa shape index (κ2) is 14.1. The molecule has 1 heterocycles. The van der Waals surface area contributed by atoms with Crippen LogP contribution in [0.3, 0.4) is 0 Å². The molecule has 42 heavy (non-hydrogen) atoms. The van der Waals surface area contributed by atoms with Gasteiger partial charge in [0.1, 0.15) is 17.4 Å². The summed E-state index contributed by atoms with van der Waals surface area (Å²) in [5, 5.41) is 13.9. The summed E-state index contributed by atoms with van der Waals surface area (Å²) in [6.45, 7) is 4.10. The number of nitrogens with one attached hydrogen (secondary N) is 1. The summed E-state index contributed by atoms with van der Waals surface area (Å²) in [5.74, 6) is 0.829. The third-order valence-electron chi connectivity index (χ3n) is 7.74. The fourth-order valence-electron chi connectivity index (χ4n) is 5.10. The summed E-state index contributed by atoms with van der Waals surface area (Å²) in [6, 6.07) is 9.65. The fourth-order valence-corrected chi connectivity index (χ4v) is 7.60. The van der Waals surface area contributed by atoms with Gasteiger partial charge in [0, 0.05) is 34.6 Å². The molecule has 0 spiro atoms. The Morgan fingerprint density at radius 1 is 1.19 bits per heavy atom. The van der Waals surface area contributed by atoms with Crippen molar-refractivity contribution < 1.29 is 23.6 Å². The summed E-state index contributed by atoms with van der Waals surface area (Å²) >= 11 is 1.38. The molecule has 5 rings (SSSR count). The van der Waals surface area contributed by atoms with Gasteiger partial charge in [0.05, 0.1) is 22.4 Å². The number of pyridine rings is 1. The number of allylic oxidation sites excluding steroid dienone is 2. The topological polar surface area (TPSA) is 106 Å². The van der Waals surface area contributed by atoms with E-state index in [1.165, 1.54) is 11.8 Å². The minimum absolute atomic E-state index is 0.0166. The molecule has 9 heteroatoms. The number of aliphatic hydroxyl groups excluding tert-OH is 1. The molecule has 1 amide bonds. The number of aliphatic hydroxyl groups is 1. The number of nitrogens with zero attached hydrogens (tertiary/aromatic N) is 1. The van der Waals surface area contributed by atoms with E-state index in [0.717, 1.165) is 66.5 Å². The normalized spacial score (nSPS) is 20.1. The van der Waals surface area contributed by atoms with E-state index in [2.05, 4.69) is 23.3 Å². The first-order valence-corrected chi connectivity index (χ1v) is 17.1. The molecule has 0 radical (unpaired) electrons. The number of carbonyl (C=O) groups is 2. The lowest BCUT2D eigenvalue weighted by Gasteiger charge is -2.17. The van der Waals surface area contributed by atoms with Gasteiger partial charge in [-0.1, -0.05) is 49.4 Å². The van der Waals surface area contributed by atoms with E-state index in [9.17, 15) is 13.8 Å². The molecular formula is C33H40N2O5S2. The molecule has 7 nitrogen and oxygen atoms in total. The van der Waals surface area contributed by atoms with Crippen LogP contribution in [0.15, 0.2) is 57.4 Å². The molecule has 3 fully saturated rings. The third kappa shape index (κ3) is 7.99. The molecule has 2 atom stereocenters. The Labute approximate surface area is 255 Å². The van der Waals surface area contributed by atoms with Crippen LogP contribution in [0.4, 0.5) is 0 Å². The first-order chi connectivity index (χ1) is 20.4. The highest BCUT2D eigenvalue weighted by molar-refractivity contribution is 8.03. The lowest BCUT2D eigenvalue weighted by molar-refractivity contribution is -0.117. The van der Waals surface area contributed by atoms with E-state index in [0.29, 0.717) is 40.3 Å². The zero-order valence-corrected chi connectivity index (χ0v) is 26.0. The number of ether oxygens (including phenoxy) is 1. The van der Waals surface area contributed by atoms with Crippen LogP contribution in [0.1, 0.15) is 87.3 Å². The molecule has 1 aromatic heterocycles. The van der Waals surface area contributed by atoms with Crippen LogP contribution in [0.5, 0.6) is 5.88 Å². The van der Waals surface area contributed by atoms with Gasteiger partial charge in [0.25, 0.3) is 5.91 Å². The number of unbranched alkanes of at least 4 members (excludes halogenated alkanes) is 1. The van der Waals surface area contributed by atoms with Crippen LogP contribution in [0, 0.1) is 12.8 Å². The number of aryl methyl sites for hydroxylation is 1. The smallest absolute Gasteiger partial charge is 0.256 e. The van der Waals surface area contributed by atoms with E-state index >= 15 is 0 Å². The zero-order chi connectivity index (χ0) is 29.6. The third-order valence-corrected chi connectivity index (χ3v) is 10.7. The average molecular weight is 609 g/mol. The van der Waals surface area contributed by atoms with E-state index in [1.807, 2.05) is 37.3 Å². The number of hydrogen-bond acceptors (Lipinski definition) is 7. The van der Waals surface area contributed by atoms with Gasteiger partial charge in [0.15, 0.2) is 0 Å². The highest BCUT2D eigenvalue weighted by Crippen LogP contribution is 2.45. The molecule has 3 aliphatic rings. The fraction of sp³-hybridized carbons (Fsp3) is 0.485. The first-order valence-electron chi connectivity index (χ1n) is 15.0. The van der Waals surface area contributed by atoms with Crippen LogP contribution >= 0.6 is 11.8 Å². The Bertz CT molecular complexity index is 1410. The monoisotopic (exact) mass is 608 g/mol. The lowest BCUT2D eigenvalue weighted by Crippen LogP contribution is -2.23. The number of benzene rings is 1. The highest BCUT2D eigenvalue weighted by atomic mass is 32.2. The summed E-state index contributed by atoms with van der Waals surface area (Å²) in [5.41, 5.74) is 3.41. The van der Waals surface area contributed by atoms with Crippen molar-refractivity contribution in [2.45, 2.75) is 92.7 Å². The summed E-state index contributed by atoms with van der Waals surface area (Å²) < 4.78 is 18.7. The van der Waals surface area contributed by atoms with Crippen molar-refractivity contribution in [3.05, 3.63) is 64.2 Å². The Balaban J connectivity index is 1.44. The van der Waals surface area contributed by atoms with Gasteiger partial charge < -0.3 is 15.2 Å². The van der Waals surface area contributed by atoms with Crippen molar-refractivity contribution in [1.82, 2.24) is 10.3 Å². The van der Waals surface area contributed by atoms with Gasteiger partial charge in [-0.3, -0.25) is 13.8 Å². The van der Waals surface area contributed by atoms with E-state index in [1.54, 1.807) is 6.07 Å². The number of hydrogen-bond donors (Lipinski definition) is 2. The summed E-state index contributed by atoms with van der Waals surface area (Å²) in [4.78, 5) is 31.7. The second-order valence-electron chi connectivity index (χ2n) is 11.4. The maximum atomic E-state index is 14.1. The van der Waals surface area contributed by atoms with E-state index in [4.69, 9.17) is 9.84 Å². The first kappa shape index (κ1) is 30.7. The number of aromatic nitrogens is 1. The van der Waals surface area contributed by atoms with E-state index in [-0.39, 0.29) is 36.1 Å². The molecule has 0 aliphatic heterocycles. The maximum absolute atomic E-state index is 14.1. The molecule has 0 bridgehead atoms. The van der Waals surface area contributed by atoms with E-state index < -0.39 is 10.8 Å². The van der Waals surface area contributed by atoms with Crippen molar-refractivity contribution in [2.24, 2.45) is 5.92 Å². The van der Waals surface area contributed by atoms with Gasteiger partial charge in [-0.2, -0.15) is 0 Å². The van der Waals surface area contributed by atoms with Crippen molar-refractivity contribution in [1.29, 1.82) is 0 Å². The largest absolute Gasteiger partial charge is 0.475 e. The minimum Gasteiger partial charge on any atom is -0.475 e. The Morgan fingerprint density at radius 2 is 2.00 bits per heavy atom. The molecule has 2 aromatic rings. The molecule has 1 aromatic carbocycles. The van der Waals surface area contributed by atoms with Gasteiger partial charge in [-0.05, 0) is 86.1 Å². The maximum Gasteiger partial charge on any atom is 0.256 e. The molecule has 0 saturated heterocycles. The van der Waals surface area contributed by atoms with Gasteiger partial charge in [0.2, 0.25) is 5.88 Å². The zero-order valence-electron chi connectivity index (χ0n) is 24.4. The quantitative estimate of drug-likeness (QED) is 0.194. The Kier molecular flexibility index (Phi) is 10.3. The van der Waals surface area contributed by atoms with Gasteiger partial charge in [-0.25, -0.2) is 4.98 Å². The SMILES string of the molecule is CCC/C=C(\NC(=O)/C(=C/[C@H]1CCC(=O)C1)c1ccc(S(=O)C2CC2)c(C2CC2)c1)Sc1nc(OCCO)ccc1C. The van der Waals surface area contributed by atoms with Gasteiger partial charge >= 0.3 is 0 Å². The van der Waals surface area contributed by atoms with Crippen LogP contribution in [-0.4, -0.2) is 44.5 Å².